The number of aliphatic hydroxyl groups excluding tert-OH is 1. The van der Waals surface area contributed by atoms with Gasteiger partial charge in [-0.15, -0.1) is 0 Å². The van der Waals surface area contributed by atoms with Crippen LogP contribution >= 0.6 is 27.5 Å². The fraction of sp³-hybridized carbons (Fsp3) is 0.214. The summed E-state index contributed by atoms with van der Waals surface area (Å²) in [5.74, 6) is 0.615. The SMILES string of the molecule is C[C@H](O)c1cc(Cl)ccc1OCc1ccc(Br)cn1. The molecule has 0 fully saturated rings. The summed E-state index contributed by atoms with van der Waals surface area (Å²) in [6.45, 7) is 2.02. The number of halogens is 2. The van der Waals surface area contributed by atoms with Crippen molar-refractivity contribution in [1.29, 1.82) is 0 Å². The van der Waals surface area contributed by atoms with Crippen LogP contribution in [0.25, 0.3) is 0 Å². The van der Waals surface area contributed by atoms with E-state index in [-0.39, 0.29) is 0 Å². The summed E-state index contributed by atoms with van der Waals surface area (Å²) in [4.78, 5) is 4.22. The first-order valence-electron chi connectivity index (χ1n) is 5.77. The quantitative estimate of drug-likeness (QED) is 0.908. The highest BCUT2D eigenvalue weighted by molar-refractivity contribution is 9.10. The van der Waals surface area contributed by atoms with Gasteiger partial charge in [-0.1, -0.05) is 11.6 Å². The Bertz CT molecular complexity index is 558. The lowest BCUT2D eigenvalue weighted by Crippen LogP contribution is -2.02. The Balaban J connectivity index is 2.13. The third-order valence-corrected chi connectivity index (χ3v) is 3.29. The van der Waals surface area contributed by atoms with Crippen LogP contribution in [0.3, 0.4) is 0 Å². The summed E-state index contributed by atoms with van der Waals surface area (Å²) in [6.07, 6.45) is 1.09. The molecule has 1 heterocycles. The molecule has 0 bridgehead atoms. The van der Waals surface area contributed by atoms with Crippen LogP contribution in [0.4, 0.5) is 0 Å². The van der Waals surface area contributed by atoms with E-state index in [1.165, 1.54) is 0 Å². The van der Waals surface area contributed by atoms with Crippen LogP contribution in [0.5, 0.6) is 5.75 Å². The van der Waals surface area contributed by atoms with E-state index in [1.54, 1.807) is 31.3 Å². The Morgan fingerprint density at radius 1 is 1.37 bits per heavy atom. The van der Waals surface area contributed by atoms with Gasteiger partial charge in [0.15, 0.2) is 0 Å². The smallest absolute Gasteiger partial charge is 0.130 e. The number of nitrogens with zero attached hydrogens (tertiary/aromatic N) is 1. The van der Waals surface area contributed by atoms with Crippen LogP contribution < -0.4 is 4.74 Å². The number of ether oxygens (including phenoxy) is 1. The van der Waals surface area contributed by atoms with Gasteiger partial charge in [0, 0.05) is 21.3 Å². The van der Waals surface area contributed by atoms with Crippen LogP contribution in [0.15, 0.2) is 41.0 Å². The predicted molar refractivity (Wildman–Crippen MR) is 78.4 cm³/mol. The molecule has 100 valence electrons. The Morgan fingerprint density at radius 2 is 2.16 bits per heavy atom. The lowest BCUT2D eigenvalue weighted by molar-refractivity contribution is 0.190. The lowest BCUT2D eigenvalue weighted by Gasteiger charge is -2.13. The van der Waals surface area contributed by atoms with Gasteiger partial charge in [-0.05, 0) is 53.2 Å². The first-order chi connectivity index (χ1) is 9.06. The normalized spacial score (nSPS) is 12.2. The fourth-order valence-corrected chi connectivity index (χ4v) is 2.04. The van der Waals surface area contributed by atoms with E-state index in [0.29, 0.717) is 22.9 Å². The molecule has 2 aromatic rings. The standard InChI is InChI=1S/C14H13BrClNO2/c1-9(18)13-6-11(16)3-5-14(13)19-8-12-4-2-10(15)7-17-12/h2-7,9,18H,8H2,1H3/t9-/m0/s1. The van der Waals surface area contributed by atoms with E-state index in [2.05, 4.69) is 20.9 Å². The molecule has 0 aliphatic rings. The minimum atomic E-state index is -0.633. The van der Waals surface area contributed by atoms with Gasteiger partial charge in [-0.25, -0.2) is 0 Å². The first kappa shape index (κ1) is 14.3. The van der Waals surface area contributed by atoms with Crippen molar-refractivity contribution in [3.8, 4) is 5.75 Å². The van der Waals surface area contributed by atoms with E-state index in [0.717, 1.165) is 10.2 Å². The molecule has 5 heteroatoms. The Labute approximate surface area is 125 Å². The lowest BCUT2D eigenvalue weighted by atomic mass is 10.1. The van der Waals surface area contributed by atoms with Crippen LogP contribution in [-0.2, 0) is 6.61 Å². The second-order valence-corrected chi connectivity index (χ2v) is 5.47. The number of hydrogen-bond donors (Lipinski definition) is 1. The number of rotatable bonds is 4. The highest BCUT2D eigenvalue weighted by Crippen LogP contribution is 2.28. The maximum atomic E-state index is 9.70. The van der Waals surface area contributed by atoms with E-state index in [4.69, 9.17) is 16.3 Å². The molecule has 0 amide bonds. The van der Waals surface area contributed by atoms with Crippen molar-refractivity contribution in [3.05, 3.63) is 57.3 Å². The Hall–Kier alpha value is -1.10. The molecule has 1 aromatic heterocycles. The average Bonchev–Trinajstić information content (AvgIpc) is 2.39. The predicted octanol–water partition coefficient (Wildman–Crippen LogP) is 4.13. The van der Waals surface area contributed by atoms with Crippen molar-refractivity contribution in [2.45, 2.75) is 19.6 Å². The van der Waals surface area contributed by atoms with Gasteiger partial charge in [-0.3, -0.25) is 4.98 Å². The molecular weight excluding hydrogens is 330 g/mol. The highest BCUT2D eigenvalue weighted by atomic mass is 79.9. The topological polar surface area (TPSA) is 42.4 Å². The second kappa shape index (κ2) is 6.37. The molecule has 0 aliphatic carbocycles. The largest absolute Gasteiger partial charge is 0.487 e. The van der Waals surface area contributed by atoms with Crippen molar-refractivity contribution in [1.82, 2.24) is 4.98 Å². The van der Waals surface area contributed by atoms with Crippen LogP contribution in [0.1, 0.15) is 24.3 Å². The molecule has 0 saturated carbocycles. The maximum absolute atomic E-state index is 9.70. The summed E-state index contributed by atoms with van der Waals surface area (Å²) in [7, 11) is 0. The minimum absolute atomic E-state index is 0.342. The van der Waals surface area contributed by atoms with E-state index >= 15 is 0 Å². The Kier molecular flexibility index (Phi) is 4.80. The summed E-state index contributed by atoms with van der Waals surface area (Å²) >= 11 is 9.24. The van der Waals surface area contributed by atoms with Gasteiger partial charge < -0.3 is 9.84 Å². The van der Waals surface area contributed by atoms with E-state index in [1.807, 2.05) is 12.1 Å². The van der Waals surface area contributed by atoms with Gasteiger partial charge >= 0.3 is 0 Å². The average molecular weight is 343 g/mol. The molecule has 0 saturated heterocycles. The number of pyridine rings is 1. The monoisotopic (exact) mass is 341 g/mol. The van der Waals surface area contributed by atoms with Gasteiger partial charge in [0.2, 0.25) is 0 Å². The fourth-order valence-electron chi connectivity index (χ4n) is 1.62. The van der Waals surface area contributed by atoms with Crippen molar-refractivity contribution in [2.24, 2.45) is 0 Å². The van der Waals surface area contributed by atoms with Crippen molar-refractivity contribution >= 4 is 27.5 Å². The van der Waals surface area contributed by atoms with Gasteiger partial charge in [-0.2, -0.15) is 0 Å². The molecule has 1 atom stereocenters. The second-order valence-electron chi connectivity index (χ2n) is 4.11. The Morgan fingerprint density at radius 3 is 2.79 bits per heavy atom. The minimum Gasteiger partial charge on any atom is -0.487 e. The molecule has 0 unspecified atom stereocenters. The van der Waals surface area contributed by atoms with Crippen LogP contribution in [0.2, 0.25) is 5.02 Å². The van der Waals surface area contributed by atoms with Crippen LogP contribution in [0, 0.1) is 0 Å². The highest BCUT2D eigenvalue weighted by Gasteiger charge is 2.10. The zero-order valence-corrected chi connectivity index (χ0v) is 12.6. The third kappa shape index (κ3) is 3.93. The van der Waals surface area contributed by atoms with Crippen molar-refractivity contribution in [2.75, 3.05) is 0 Å². The summed E-state index contributed by atoms with van der Waals surface area (Å²) in [6, 6.07) is 8.97. The molecule has 19 heavy (non-hydrogen) atoms. The molecule has 2 rings (SSSR count). The molecule has 1 aromatic carbocycles. The number of aromatic nitrogens is 1. The van der Waals surface area contributed by atoms with Crippen LogP contribution in [-0.4, -0.2) is 10.1 Å². The van der Waals surface area contributed by atoms with Gasteiger partial charge in [0.1, 0.15) is 12.4 Å². The molecular formula is C14H13BrClNO2. The summed E-state index contributed by atoms with van der Waals surface area (Å²) in [5, 5.41) is 10.3. The van der Waals surface area contributed by atoms with Crippen molar-refractivity contribution < 1.29 is 9.84 Å². The zero-order valence-electron chi connectivity index (χ0n) is 10.3. The van der Waals surface area contributed by atoms with Crippen molar-refractivity contribution in [3.63, 3.8) is 0 Å². The number of benzene rings is 1. The first-order valence-corrected chi connectivity index (χ1v) is 6.94. The third-order valence-electron chi connectivity index (χ3n) is 2.59. The summed E-state index contributed by atoms with van der Waals surface area (Å²) < 4.78 is 6.61. The molecule has 1 N–H and O–H groups in total. The molecule has 3 nitrogen and oxygen atoms in total. The van der Waals surface area contributed by atoms with Gasteiger partial charge in [0.25, 0.3) is 0 Å². The molecule has 0 radical (unpaired) electrons. The van der Waals surface area contributed by atoms with E-state index in [9.17, 15) is 5.11 Å². The zero-order chi connectivity index (χ0) is 13.8. The summed E-state index contributed by atoms with van der Waals surface area (Å²) in [5.41, 5.74) is 1.49. The molecule has 0 spiro atoms. The maximum Gasteiger partial charge on any atom is 0.130 e. The van der Waals surface area contributed by atoms with Gasteiger partial charge in [0.05, 0.1) is 11.8 Å². The van der Waals surface area contributed by atoms with E-state index < -0.39 is 6.10 Å². The molecule has 0 aliphatic heterocycles. The number of hydrogen-bond acceptors (Lipinski definition) is 3. The number of aliphatic hydroxyl groups is 1.